The van der Waals surface area contributed by atoms with Crippen LogP contribution in [0.4, 0.5) is 13.2 Å². The summed E-state index contributed by atoms with van der Waals surface area (Å²) in [6, 6.07) is 20.4. The van der Waals surface area contributed by atoms with E-state index in [0.29, 0.717) is 13.1 Å². The highest BCUT2D eigenvalue weighted by Crippen LogP contribution is 2.34. The summed E-state index contributed by atoms with van der Waals surface area (Å²) in [7, 11) is 0. The van der Waals surface area contributed by atoms with Crippen LogP contribution in [0.25, 0.3) is 0 Å². The lowest BCUT2D eigenvalue weighted by Crippen LogP contribution is -2.67. The first-order valence-corrected chi connectivity index (χ1v) is 9.87. The number of rotatable bonds is 3. The number of carbonyl (C=O) groups excluding carboxylic acids is 1. The van der Waals surface area contributed by atoms with Crippen LogP contribution in [0.15, 0.2) is 60.7 Å². The van der Waals surface area contributed by atoms with Gasteiger partial charge in [0.15, 0.2) is 0 Å². The smallest absolute Gasteiger partial charge is 0.332 e. The van der Waals surface area contributed by atoms with Gasteiger partial charge in [0.25, 0.3) is 0 Å². The quantitative estimate of drug-likeness (QED) is 0.856. The highest BCUT2D eigenvalue weighted by atomic mass is 19.4. The molecule has 2 atom stereocenters. The largest absolute Gasteiger partial charge is 0.471 e. The number of piperazine rings is 2. The Hall–Kier alpha value is -2.38. The summed E-state index contributed by atoms with van der Waals surface area (Å²) in [4.78, 5) is 15.0. The van der Waals surface area contributed by atoms with E-state index in [2.05, 4.69) is 34.5 Å². The molecule has 7 heteroatoms. The normalized spacial score (nSPS) is 23.1. The fourth-order valence-electron chi connectivity index (χ4n) is 4.63. The maximum atomic E-state index is 12.9. The van der Waals surface area contributed by atoms with Crippen molar-refractivity contribution in [2.24, 2.45) is 0 Å². The van der Waals surface area contributed by atoms with Crippen LogP contribution in [0, 0.1) is 0 Å². The summed E-state index contributed by atoms with van der Waals surface area (Å²) in [5.41, 5.74) is 2.36. The Morgan fingerprint density at radius 2 is 1.52 bits per heavy atom. The topological polar surface area (TPSA) is 35.6 Å². The number of halogens is 3. The molecule has 1 N–H and O–H groups in total. The summed E-state index contributed by atoms with van der Waals surface area (Å²) < 4.78 is 38.7. The van der Waals surface area contributed by atoms with E-state index < -0.39 is 12.1 Å². The number of fused-ring (bicyclic) bond motifs is 1. The van der Waals surface area contributed by atoms with Crippen LogP contribution in [0.3, 0.4) is 0 Å². The second kappa shape index (κ2) is 8.16. The second-order valence-corrected chi connectivity index (χ2v) is 7.67. The summed E-state index contributed by atoms with van der Waals surface area (Å²) in [5.74, 6) is -1.64. The van der Waals surface area contributed by atoms with Gasteiger partial charge in [0.1, 0.15) is 0 Å². The van der Waals surface area contributed by atoms with Crippen molar-refractivity contribution in [1.82, 2.24) is 15.1 Å². The fraction of sp³-hybridized carbons (Fsp3) is 0.409. The van der Waals surface area contributed by atoms with E-state index in [-0.39, 0.29) is 31.1 Å². The highest BCUT2D eigenvalue weighted by molar-refractivity contribution is 5.82. The van der Waals surface area contributed by atoms with Gasteiger partial charge in [-0.15, -0.1) is 0 Å². The van der Waals surface area contributed by atoms with E-state index in [4.69, 9.17) is 0 Å². The van der Waals surface area contributed by atoms with Gasteiger partial charge in [0, 0.05) is 50.7 Å². The molecule has 0 aromatic heterocycles. The lowest BCUT2D eigenvalue weighted by atomic mass is 9.82. The summed E-state index contributed by atoms with van der Waals surface area (Å²) in [6.07, 6.45) is -4.82. The van der Waals surface area contributed by atoms with Crippen LogP contribution in [-0.2, 0) is 4.79 Å². The van der Waals surface area contributed by atoms with Gasteiger partial charge in [-0.2, -0.15) is 13.2 Å². The van der Waals surface area contributed by atoms with Crippen molar-refractivity contribution in [3.8, 4) is 0 Å². The predicted molar refractivity (Wildman–Crippen MR) is 105 cm³/mol. The molecule has 29 heavy (non-hydrogen) atoms. The van der Waals surface area contributed by atoms with Crippen LogP contribution >= 0.6 is 0 Å². The molecule has 0 saturated carbocycles. The maximum Gasteiger partial charge on any atom is 0.471 e. The number of carbonyl (C=O) groups is 1. The third-order valence-electron chi connectivity index (χ3n) is 5.92. The Morgan fingerprint density at radius 1 is 0.931 bits per heavy atom. The molecule has 2 aromatic carbocycles. The molecule has 2 heterocycles. The van der Waals surface area contributed by atoms with Crippen LogP contribution in [0.1, 0.15) is 17.0 Å². The molecule has 2 fully saturated rings. The van der Waals surface area contributed by atoms with Crippen molar-refractivity contribution in [3.05, 3.63) is 71.8 Å². The molecule has 2 aromatic rings. The molecular weight excluding hydrogens is 379 g/mol. The fourth-order valence-corrected chi connectivity index (χ4v) is 4.63. The van der Waals surface area contributed by atoms with E-state index in [0.717, 1.165) is 11.4 Å². The van der Waals surface area contributed by atoms with Crippen LogP contribution < -0.4 is 5.32 Å². The molecule has 0 radical (unpaired) electrons. The van der Waals surface area contributed by atoms with Crippen molar-refractivity contribution in [3.63, 3.8) is 0 Å². The van der Waals surface area contributed by atoms with E-state index in [1.807, 2.05) is 36.4 Å². The molecule has 2 saturated heterocycles. The van der Waals surface area contributed by atoms with Crippen LogP contribution in [0.5, 0.6) is 0 Å². The number of alkyl halides is 3. The zero-order valence-electron chi connectivity index (χ0n) is 16.0. The zero-order chi connectivity index (χ0) is 20.4. The molecule has 154 valence electrons. The average Bonchev–Trinajstić information content (AvgIpc) is 2.74. The molecule has 4 rings (SSSR count). The number of nitrogens with one attached hydrogen (secondary N) is 1. The van der Waals surface area contributed by atoms with E-state index in [9.17, 15) is 18.0 Å². The van der Waals surface area contributed by atoms with Gasteiger partial charge in [0.2, 0.25) is 0 Å². The molecule has 4 nitrogen and oxygen atoms in total. The lowest BCUT2D eigenvalue weighted by molar-refractivity contribution is -0.188. The Morgan fingerprint density at radius 3 is 2.07 bits per heavy atom. The SMILES string of the molecule is O=C(N1CCN2C(C(c3ccccc3)c3ccccc3)CNC[C@@H]2C1)C(F)(F)F. The first-order chi connectivity index (χ1) is 13.9. The minimum atomic E-state index is -4.82. The van der Waals surface area contributed by atoms with Crippen molar-refractivity contribution in [2.75, 3.05) is 32.7 Å². The molecule has 1 amide bonds. The van der Waals surface area contributed by atoms with E-state index in [1.165, 1.54) is 11.1 Å². The average molecular weight is 403 g/mol. The molecule has 0 bridgehead atoms. The summed E-state index contributed by atoms with van der Waals surface area (Å²) >= 11 is 0. The number of hydrogen-bond acceptors (Lipinski definition) is 3. The van der Waals surface area contributed by atoms with Gasteiger partial charge >= 0.3 is 12.1 Å². The van der Waals surface area contributed by atoms with Crippen molar-refractivity contribution in [1.29, 1.82) is 0 Å². The number of benzene rings is 2. The van der Waals surface area contributed by atoms with Crippen molar-refractivity contribution in [2.45, 2.75) is 24.2 Å². The molecule has 2 aliphatic heterocycles. The van der Waals surface area contributed by atoms with Crippen molar-refractivity contribution >= 4 is 5.91 Å². The second-order valence-electron chi connectivity index (χ2n) is 7.67. The molecule has 0 spiro atoms. The number of amides is 1. The number of nitrogens with zero attached hydrogens (tertiary/aromatic N) is 2. The van der Waals surface area contributed by atoms with E-state index >= 15 is 0 Å². The maximum absolute atomic E-state index is 12.9. The standard InChI is InChI=1S/C22H24F3N3O/c23-22(24,25)21(29)27-11-12-28-18(15-27)13-26-14-19(28)20(16-7-3-1-4-8-16)17-9-5-2-6-10-17/h1-10,18-20,26H,11-15H2/t18-,19?/m1/s1. The molecular formula is C22H24F3N3O. The van der Waals surface area contributed by atoms with Gasteiger partial charge in [0.05, 0.1) is 0 Å². The van der Waals surface area contributed by atoms with Gasteiger partial charge in [-0.25, -0.2) is 0 Å². The van der Waals surface area contributed by atoms with Crippen molar-refractivity contribution < 1.29 is 18.0 Å². The molecule has 0 aliphatic carbocycles. The first kappa shape index (κ1) is 19.9. The van der Waals surface area contributed by atoms with Gasteiger partial charge in [-0.05, 0) is 11.1 Å². The van der Waals surface area contributed by atoms with E-state index in [1.54, 1.807) is 0 Å². The Kier molecular flexibility index (Phi) is 5.61. The lowest BCUT2D eigenvalue weighted by Gasteiger charge is -2.50. The minimum absolute atomic E-state index is 0.0950. The van der Waals surface area contributed by atoms with Gasteiger partial charge < -0.3 is 10.2 Å². The molecule has 1 unspecified atom stereocenters. The van der Waals surface area contributed by atoms with Crippen LogP contribution in [0.2, 0.25) is 0 Å². The Bertz CT molecular complexity index is 789. The summed E-state index contributed by atoms with van der Waals surface area (Å²) in [6.45, 7) is 1.96. The predicted octanol–water partition coefficient (Wildman–Crippen LogP) is 2.87. The van der Waals surface area contributed by atoms with Crippen LogP contribution in [-0.4, -0.2) is 66.7 Å². The number of hydrogen-bond donors (Lipinski definition) is 1. The molecule has 2 aliphatic rings. The Balaban J connectivity index is 1.61. The summed E-state index contributed by atoms with van der Waals surface area (Å²) in [5, 5.41) is 3.39. The highest BCUT2D eigenvalue weighted by Gasteiger charge is 2.46. The Labute approximate surface area is 168 Å². The zero-order valence-corrected chi connectivity index (χ0v) is 16.0. The third-order valence-corrected chi connectivity index (χ3v) is 5.92. The van der Waals surface area contributed by atoms with Gasteiger partial charge in [-0.3, -0.25) is 9.69 Å². The first-order valence-electron chi connectivity index (χ1n) is 9.87. The third kappa shape index (κ3) is 4.16. The minimum Gasteiger partial charge on any atom is -0.332 e. The monoisotopic (exact) mass is 403 g/mol. The van der Waals surface area contributed by atoms with Gasteiger partial charge in [-0.1, -0.05) is 60.7 Å².